The number of alkyl halides is 1. The van der Waals surface area contributed by atoms with E-state index in [9.17, 15) is 0 Å². The van der Waals surface area contributed by atoms with Gasteiger partial charge in [0, 0.05) is 13.9 Å². The first-order valence-corrected chi connectivity index (χ1v) is 15.3. The van der Waals surface area contributed by atoms with Crippen LogP contribution >= 0.6 is 35.1 Å². The van der Waals surface area contributed by atoms with E-state index in [4.69, 9.17) is 11.6 Å². The first kappa shape index (κ1) is 29.7. The van der Waals surface area contributed by atoms with Crippen LogP contribution in [0.25, 0.3) is 0 Å². The first-order chi connectivity index (χ1) is 11.6. The van der Waals surface area contributed by atoms with Gasteiger partial charge >= 0.3 is 0 Å². The van der Waals surface area contributed by atoms with Crippen LogP contribution in [0.4, 0.5) is 0 Å². The van der Waals surface area contributed by atoms with E-state index in [0.29, 0.717) is 13.9 Å². The second-order valence-electron chi connectivity index (χ2n) is 10.1. The molecule has 1 rings (SSSR count). The van der Waals surface area contributed by atoms with Crippen LogP contribution < -0.4 is 0 Å². The standard InChI is InChI=1S/C10H18S.C9H21ClSSi.C4H6/c1-7-8(2)10(5,6)11-9(7,3)4;1-8(2,10)11-9(3,4)12(5,6)7;1-3-4-2/h1-6H3;1-7H3;1-2H3. The smallest absolute Gasteiger partial charge is 0.0842 e. The third-order valence-electron chi connectivity index (χ3n) is 5.43. The van der Waals surface area contributed by atoms with E-state index in [-0.39, 0.29) is 4.21 Å². The van der Waals surface area contributed by atoms with E-state index in [0.717, 1.165) is 0 Å². The number of hydrogen-bond donors (Lipinski definition) is 0. The van der Waals surface area contributed by atoms with Crippen LogP contribution in [-0.2, 0) is 0 Å². The third-order valence-corrected chi connectivity index (χ3v) is 14.0. The normalized spacial score (nSPS) is 18.5. The summed E-state index contributed by atoms with van der Waals surface area (Å²) in [5.41, 5.74) is 3.13. The Morgan fingerprint density at radius 2 is 1.15 bits per heavy atom. The Hall–Kier alpha value is 0.507. The maximum atomic E-state index is 6.21. The Bertz CT molecular complexity index is 534. The first-order valence-electron chi connectivity index (χ1n) is 9.76. The Kier molecular flexibility index (Phi) is 11.6. The number of thioether (sulfide) groups is 2. The zero-order valence-corrected chi connectivity index (χ0v) is 24.1. The molecule has 0 spiro atoms. The molecule has 0 bridgehead atoms. The summed E-state index contributed by atoms with van der Waals surface area (Å²) in [5, 5.41) is 0. The van der Waals surface area contributed by atoms with Crippen LogP contribution in [0.15, 0.2) is 11.1 Å². The fraction of sp³-hybridized carbons (Fsp3) is 0.826. The summed E-state index contributed by atoms with van der Waals surface area (Å²) in [7, 11) is -1.12. The minimum atomic E-state index is -1.12. The van der Waals surface area contributed by atoms with Crippen LogP contribution in [0, 0.1) is 11.8 Å². The van der Waals surface area contributed by atoms with Crippen molar-refractivity contribution in [3.05, 3.63) is 11.1 Å². The van der Waals surface area contributed by atoms with Gasteiger partial charge in [-0.05, 0) is 69.2 Å². The van der Waals surface area contributed by atoms with Gasteiger partial charge < -0.3 is 0 Å². The fourth-order valence-corrected chi connectivity index (χ4v) is 8.32. The Morgan fingerprint density at radius 1 is 0.852 bits per heavy atom. The van der Waals surface area contributed by atoms with Crippen LogP contribution in [-0.4, -0.2) is 26.1 Å². The average Bonchev–Trinajstić information content (AvgIpc) is 2.55. The maximum Gasteiger partial charge on any atom is 0.0842 e. The third kappa shape index (κ3) is 10.7. The van der Waals surface area contributed by atoms with Crippen molar-refractivity contribution in [3.8, 4) is 11.8 Å². The molecule has 0 N–H and O–H groups in total. The van der Waals surface area contributed by atoms with Crippen molar-refractivity contribution in [3.63, 3.8) is 0 Å². The SMILES string of the molecule is CC#CC.CC(C)(Cl)SC(C)(C)[Si](C)(C)C.CC1=C(C)C(C)(C)SC1(C)C. The summed E-state index contributed by atoms with van der Waals surface area (Å²) < 4.78 is 0.920. The fourth-order valence-electron chi connectivity index (χ4n) is 2.45. The Labute approximate surface area is 186 Å². The van der Waals surface area contributed by atoms with Crippen LogP contribution in [0.5, 0.6) is 0 Å². The van der Waals surface area contributed by atoms with Crippen LogP contribution in [0.2, 0.25) is 19.6 Å². The molecule has 27 heavy (non-hydrogen) atoms. The number of rotatable bonds is 3. The quantitative estimate of drug-likeness (QED) is 0.183. The molecule has 0 saturated heterocycles. The summed E-state index contributed by atoms with van der Waals surface area (Å²) in [6.45, 7) is 33.3. The lowest BCUT2D eigenvalue weighted by Crippen LogP contribution is -2.46. The topological polar surface area (TPSA) is 0 Å². The highest BCUT2D eigenvalue weighted by Gasteiger charge is 2.40. The van der Waals surface area contributed by atoms with E-state index >= 15 is 0 Å². The maximum absolute atomic E-state index is 6.21. The molecule has 0 aromatic heterocycles. The average molecular weight is 449 g/mol. The van der Waals surface area contributed by atoms with E-state index in [2.05, 4.69) is 112 Å². The summed E-state index contributed by atoms with van der Waals surface area (Å²) in [4.78, 5) is 0. The van der Waals surface area contributed by atoms with Gasteiger partial charge in [0.05, 0.1) is 12.3 Å². The minimum Gasteiger partial charge on any atom is -0.141 e. The van der Waals surface area contributed by atoms with Crippen molar-refractivity contribution in [2.24, 2.45) is 0 Å². The second kappa shape index (κ2) is 10.5. The molecule has 0 aliphatic carbocycles. The van der Waals surface area contributed by atoms with Gasteiger partial charge in [0.15, 0.2) is 0 Å². The van der Waals surface area contributed by atoms with Crippen LogP contribution in [0.3, 0.4) is 0 Å². The highest BCUT2D eigenvalue weighted by molar-refractivity contribution is 8.04. The molecule has 0 unspecified atom stereocenters. The lowest BCUT2D eigenvalue weighted by molar-refractivity contribution is 0.823. The number of hydrogen-bond acceptors (Lipinski definition) is 2. The molecule has 1 aliphatic rings. The molecular formula is C23H45ClS2Si. The van der Waals surface area contributed by atoms with Crippen molar-refractivity contribution in [2.75, 3.05) is 0 Å². The van der Waals surface area contributed by atoms with Gasteiger partial charge in [-0.15, -0.1) is 47.0 Å². The van der Waals surface area contributed by atoms with Crippen molar-refractivity contribution in [2.45, 2.75) is 121 Å². The summed E-state index contributed by atoms with van der Waals surface area (Å²) in [5.74, 6) is 5.36. The van der Waals surface area contributed by atoms with E-state index in [1.54, 1.807) is 11.1 Å². The van der Waals surface area contributed by atoms with Gasteiger partial charge in [-0.1, -0.05) is 44.6 Å². The van der Waals surface area contributed by atoms with Gasteiger partial charge in [0.2, 0.25) is 0 Å². The minimum absolute atomic E-state index is 0.135. The zero-order chi connectivity index (χ0) is 22.5. The summed E-state index contributed by atoms with van der Waals surface area (Å²) in [6.07, 6.45) is 0. The number of halogens is 1. The predicted molar refractivity (Wildman–Crippen MR) is 138 cm³/mol. The molecule has 0 aromatic carbocycles. The molecule has 0 radical (unpaired) electrons. The van der Waals surface area contributed by atoms with Gasteiger partial charge in [-0.25, -0.2) is 0 Å². The molecule has 0 nitrogen and oxygen atoms in total. The van der Waals surface area contributed by atoms with Gasteiger partial charge in [0.25, 0.3) is 0 Å². The van der Waals surface area contributed by atoms with E-state index < -0.39 is 8.07 Å². The summed E-state index contributed by atoms with van der Waals surface area (Å²) >= 11 is 10.2. The highest BCUT2D eigenvalue weighted by Crippen LogP contribution is 2.52. The van der Waals surface area contributed by atoms with Gasteiger partial charge in [-0.3, -0.25) is 0 Å². The second-order valence-corrected chi connectivity index (χ2v) is 21.9. The van der Waals surface area contributed by atoms with Crippen molar-refractivity contribution in [1.29, 1.82) is 0 Å². The molecule has 0 amide bonds. The summed E-state index contributed by atoms with van der Waals surface area (Å²) in [6, 6.07) is 0. The van der Waals surface area contributed by atoms with Crippen molar-refractivity contribution < 1.29 is 0 Å². The Morgan fingerprint density at radius 3 is 1.22 bits per heavy atom. The van der Waals surface area contributed by atoms with Crippen molar-refractivity contribution >= 4 is 43.2 Å². The molecule has 0 saturated carbocycles. The monoisotopic (exact) mass is 448 g/mol. The van der Waals surface area contributed by atoms with Crippen molar-refractivity contribution in [1.82, 2.24) is 0 Å². The lowest BCUT2D eigenvalue weighted by atomic mass is 9.93. The van der Waals surface area contributed by atoms with E-state index in [1.165, 1.54) is 0 Å². The molecular weight excluding hydrogens is 404 g/mol. The van der Waals surface area contributed by atoms with Gasteiger partial charge in [0.1, 0.15) is 0 Å². The highest BCUT2D eigenvalue weighted by atomic mass is 35.5. The largest absolute Gasteiger partial charge is 0.141 e. The predicted octanol–water partition coefficient (Wildman–Crippen LogP) is 9.01. The molecule has 160 valence electrons. The molecule has 1 heterocycles. The molecule has 0 aromatic rings. The van der Waals surface area contributed by atoms with E-state index in [1.807, 2.05) is 25.6 Å². The Balaban J connectivity index is 0. The lowest BCUT2D eigenvalue weighted by Gasteiger charge is -2.40. The van der Waals surface area contributed by atoms with Gasteiger partial charge in [-0.2, -0.15) is 0 Å². The molecule has 0 atom stereocenters. The molecule has 0 fully saturated rings. The molecule has 4 heteroatoms. The van der Waals surface area contributed by atoms with Crippen LogP contribution in [0.1, 0.15) is 83.1 Å². The zero-order valence-electron chi connectivity index (χ0n) is 20.7. The molecule has 1 aliphatic heterocycles.